The van der Waals surface area contributed by atoms with E-state index in [2.05, 4.69) is 15.3 Å². The molecule has 6 heteroatoms. The highest BCUT2D eigenvalue weighted by molar-refractivity contribution is 7.99. The van der Waals surface area contributed by atoms with Crippen LogP contribution in [0.3, 0.4) is 0 Å². The van der Waals surface area contributed by atoms with E-state index in [9.17, 15) is 5.11 Å². The third kappa shape index (κ3) is 1.35. The summed E-state index contributed by atoms with van der Waals surface area (Å²) < 4.78 is 0. The number of nitrogens with one attached hydrogen (secondary N) is 1. The predicted octanol–water partition coefficient (Wildman–Crippen LogP) is 0.966. The maximum atomic E-state index is 9.23. The number of anilines is 1. The molecule has 0 amide bonds. The summed E-state index contributed by atoms with van der Waals surface area (Å²) in [4.78, 5) is 7.80. The van der Waals surface area contributed by atoms with Crippen molar-refractivity contribution >= 4 is 29.1 Å². The van der Waals surface area contributed by atoms with Crippen LogP contribution in [0.15, 0.2) is 11.4 Å². The SMILES string of the molecule is OC1CSc2ncnc(Cl)c2N1. The van der Waals surface area contributed by atoms with Crippen LogP contribution in [0.2, 0.25) is 5.15 Å². The molecule has 1 aliphatic rings. The predicted molar refractivity (Wildman–Crippen MR) is 47.4 cm³/mol. The van der Waals surface area contributed by atoms with Gasteiger partial charge in [-0.15, -0.1) is 0 Å². The molecular weight excluding hydrogens is 198 g/mol. The highest BCUT2D eigenvalue weighted by Crippen LogP contribution is 2.34. The van der Waals surface area contributed by atoms with Crippen LogP contribution in [0.1, 0.15) is 0 Å². The number of hydrogen-bond donors (Lipinski definition) is 2. The minimum atomic E-state index is -0.564. The van der Waals surface area contributed by atoms with Gasteiger partial charge in [0.1, 0.15) is 23.3 Å². The minimum Gasteiger partial charge on any atom is -0.373 e. The normalized spacial score (nSPS) is 21.3. The molecule has 0 aliphatic carbocycles. The Bertz CT molecular complexity index is 309. The van der Waals surface area contributed by atoms with E-state index in [-0.39, 0.29) is 0 Å². The molecule has 4 nitrogen and oxygen atoms in total. The first-order valence-corrected chi connectivity index (χ1v) is 4.71. The second kappa shape index (κ2) is 3.08. The molecule has 1 aliphatic heterocycles. The Morgan fingerprint density at radius 2 is 2.50 bits per heavy atom. The lowest BCUT2D eigenvalue weighted by Gasteiger charge is -2.21. The molecule has 2 N–H and O–H groups in total. The second-order valence-electron chi connectivity index (χ2n) is 2.32. The quantitative estimate of drug-likeness (QED) is 0.616. The average Bonchev–Trinajstić information content (AvgIpc) is 2.07. The first-order chi connectivity index (χ1) is 5.77. The van der Waals surface area contributed by atoms with E-state index in [1.165, 1.54) is 18.1 Å². The zero-order valence-electron chi connectivity index (χ0n) is 5.99. The highest BCUT2D eigenvalue weighted by Gasteiger charge is 2.19. The van der Waals surface area contributed by atoms with Crippen molar-refractivity contribution in [1.29, 1.82) is 0 Å². The monoisotopic (exact) mass is 203 g/mol. The zero-order valence-corrected chi connectivity index (χ0v) is 7.56. The number of aliphatic hydroxyl groups is 1. The van der Waals surface area contributed by atoms with Crippen LogP contribution >= 0.6 is 23.4 Å². The van der Waals surface area contributed by atoms with Gasteiger partial charge in [0.15, 0.2) is 5.15 Å². The van der Waals surface area contributed by atoms with Gasteiger partial charge < -0.3 is 10.4 Å². The van der Waals surface area contributed by atoms with Crippen LogP contribution in [-0.2, 0) is 0 Å². The van der Waals surface area contributed by atoms with Gasteiger partial charge in [-0.25, -0.2) is 9.97 Å². The zero-order chi connectivity index (χ0) is 8.55. The Kier molecular flexibility index (Phi) is 2.08. The molecule has 0 aromatic carbocycles. The Morgan fingerprint density at radius 3 is 3.33 bits per heavy atom. The van der Waals surface area contributed by atoms with Crippen LogP contribution in [0.5, 0.6) is 0 Å². The van der Waals surface area contributed by atoms with Crippen LogP contribution in [0.4, 0.5) is 5.69 Å². The van der Waals surface area contributed by atoms with Crippen molar-refractivity contribution in [3.8, 4) is 0 Å². The van der Waals surface area contributed by atoms with Gasteiger partial charge in [-0.2, -0.15) is 0 Å². The fourth-order valence-corrected chi connectivity index (χ4v) is 2.01. The lowest BCUT2D eigenvalue weighted by atomic mass is 10.5. The molecule has 2 rings (SSSR count). The molecule has 0 fully saturated rings. The standard InChI is InChI=1S/C6H6ClN3OS/c7-5-4-6(9-2-8-5)12-1-3(11)10-4/h2-3,10-11H,1H2. The Morgan fingerprint density at radius 1 is 1.67 bits per heavy atom. The molecule has 0 saturated carbocycles. The first kappa shape index (κ1) is 8.10. The van der Waals surface area contributed by atoms with Crippen molar-refractivity contribution in [3.63, 3.8) is 0 Å². The van der Waals surface area contributed by atoms with Gasteiger partial charge in [-0.3, -0.25) is 0 Å². The summed E-state index contributed by atoms with van der Waals surface area (Å²) in [6.07, 6.45) is 0.846. The maximum Gasteiger partial charge on any atom is 0.156 e. The summed E-state index contributed by atoms with van der Waals surface area (Å²) in [6, 6.07) is 0. The van der Waals surface area contributed by atoms with E-state index >= 15 is 0 Å². The van der Waals surface area contributed by atoms with Gasteiger partial charge in [0.05, 0.1) is 0 Å². The smallest absolute Gasteiger partial charge is 0.156 e. The number of hydrogen-bond acceptors (Lipinski definition) is 5. The Hall–Kier alpha value is -0.520. The van der Waals surface area contributed by atoms with Crippen molar-refractivity contribution < 1.29 is 5.11 Å². The summed E-state index contributed by atoms with van der Waals surface area (Å²) in [5.74, 6) is 0.584. The van der Waals surface area contributed by atoms with Gasteiger partial charge in [-0.1, -0.05) is 23.4 Å². The molecule has 0 bridgehead atoms. The summed E-state index contributed by atoms with van der Waals surface area (Å²) in [7, 11) is 0. The minimum absolute atomic E-state index is 0.353. The molecule has 0 radical (unpaired) electrons. The lowest BCUT2D eigenvalue weighted by molar-refractivity contribution is 0.227. The summed E-state index contributed by atoms with van der Waals surface area (Å²) in [6.45, 7) is 0. The molecule has 64 valence electrons. The summed E-state index contributed by atoms with van der Waals surface area (Å²) >= 11 is 7.23. The van der Waals surface area contributed by atoms with Gasteiger partial charge in [0, 0.05) is 5.75 Å². The largest absolute Gasteiger partial charge is 0.373 e. The number of aromatic nitrogens is 2. The van der Waals surface area contributed by atoms with Crippen molar-refractivity contribution in [2.75, 3.05) is 11.1 Å². The van der Waals surface area contributed by atoms with Gasteiger partial charge in [0.2, 0.25) is 0 Å². The molecular formula is C6H6ClN3OS. The number of rotatable bonds is 0. The fraction of sp³-hybridized carbons (Fsp3) is 0.333. The van der Waals surface area contributed by atoms with Gasteiger partial charge in [-0.05, 0) is 0 Å². The van der Waals surface area contributed by atoms with Crippen LogP contribution < -0.4 is 5.32 Å². The molecule has 1 aromatic heterocycles. The summed E-state index contributed by atoms with van der Waals surface area (Å²) in [5.41, 5.74) is 0.628. The number of fused-ring (bicyclic) bond motifs is 1. The van der Waals surface area contributed by atoms with E-state index in [4.69, 9.17) is 11.6 Å². The average molecular weight is 204 g/mol. The van der Waals surface area contributed by atoms with E-state index in [1.807, 2.05) is 0 Å². The lowest BCUT2D eigenvalue weighted by Crippen LogP contribution is -2.25. The van der Waals surface area contributed by atoms with E-state index in [1.54, 1.807) is 0 Å². The fourth-order valence-electron chi connectivity index (χ4n) is 0.946. The van der Waals surface area contributed by atoms with Crippen LogP contribution in [-0.4, -0.2) is 27.1 Å². The second-order valence-corrected chi connectivity index (χ2v) is 3.68. The van der Waals surface area contributed by atoms with E-state index in [0.29, 0.717) is 16.6 Å². The van der Waals surface area contributed by atoms with Gasteiger partial charge in [0.25, 0.3) is 0 Å². The highest BCUT2D eigenvalue weighted by atomic mass is 35.5. The molecule has 1 aromatic rings. The van der Waals surface area contributed by atoms with Gasteiger partial charge >= 0.3 is 0 Å². The molecule has 0 spiro atoms. The van der Waals surface area contributed by atoms with Crippen molar-refractivity contribution in [2.45, 2.75) is 11.3 Å². The van der Waals surface area contributed by atoms with E-state index < -0.39 is 6.23 Å². The molecule has 1 unspecified atom stereocenters. The number of aliphatic hydroxyl groups excluding tert-OH is 1. The number of thioether (sulfide) groups is 1. The van der Waals surface area contributed by atoms with Crippen molar-refractivity contribution in [3.05, 3.63) is 11.5 Å². The van der Waals surface area contributed by atoms with Crippen molar-refractivity contribution in [1.82, 2.24) is 9.97 Å². The summed E-state index contributed by atoms with van der Waals surface area (Å²) in [5, 5.41) is 13.2. The Balaban J connectivity index is 2.43. The third-order valence-electron chi connectivity index (χ3n) is 1.46. The molecule has 12 heavy (non-hydrogen) atoms. The first-order valence-electron chi connectivity index (χ1n) is 3.35. The van der Waals surface area contributed by atoms with E-state index in [0.717, 1.165) is 5.03 Å². The maximum absolute atomic E-state index is 9.23. The molecule has 1 atom stereocenters. The van der Waals surface area contributed by atoms with Crippen molar-refractivity contribution in [2.24, 2.45) is 0 Å². The Labute approximate surface area is 78.4 Å². The third-order valence-corrected chi connectivity index (χ3v) is 2.81. The number of halogens is 1. The van der Waals surface area contributed by atoms with Crippen LogP contribution in [0, 0.1) is 0 Å². The number of nitrogens with zero attached hydrogens (tertiary/aromatic N) is 2. The molecule has 0 saturated heterocycles. The van der Waals surface area contributed by atoms with Crippen LogP contribution in [0.25, 0.3) is 0 Å². The topological polar surface area (TPSA) is 58.0 Å². The molecule has 2 heterocycles.